The Morgan fingerprint density at radius 2 is 2.06 bits per heavy atom. The lowest BCUT2D eigenvalue weighted by molar-refractivity contribution is -0.122. The first kappa shape index (κ1) is 13.1. The van der Waals surface area contributed by atoms with Gasteiger partial charge in [-0.25, -0.2) is 0 Å². The first-order valence-electron chi connectivity index (χ1n) is 6.67. The minimum absolute atomic E-state index is 0.0481. The topological polar surface area (TPSA) is 49.3 Å². The highest BCUT2D eigenvalue weighted by molar-refractivity contribution is 5.93. The summed E-state index contributed by atoms with van der Waals surface area (Å²) in [7, 11) is 0. The quantitative estimate of drug-likeness (QED) is 0.862. The molecule has 2 atom stereocenters. The standard InChI is InChI=1S/C15H21NO2/c1-10(2)11-6-3-4-8-13(11)16-15(18)12-7-5-9-14(12)17/h3-4,6,8,10,12,14,17H,5,7,9H2,1-2H3,(H,16,18). The number of anilines is 1. The Bertz CT molecular complexity index is 428. The Kier molecular flexibility index (Phi) is 4.02. The van der Waals surface area contributed by atoms with E-state index in [4.69, 9.17) is 0 Å². The van der Waals surface area contributed by atoms with Gasteiger partial charge in [-0.3, -0.25) is 4.79 Å². The number of aliphatic hydroxyl groups excluding tert-OH is 1. The van der Waals surface area contributed by atoms with E-state index < -0.39 is 6.10 Å². The molecule has 18 heavy (non-hydrogen) atoms. The van der Waals surface area contributed by atoms with Crippen LogP contribution in [0.2, 0.25) is 0 Å². The monoisotopic (exact) mass is 247 g/mol. The molecule has 1 saturated carbocycles. The summed E-state index contributed by atoms with van der Waals surface area (Å²) in [6.45, 7) is 4.21. The molecule has 0 aromatic heterocycles. The van der Waals surface area contributed by atoms with Crippen LogP contribution in [-0.2, 0) is 4.79 Å². The summed E-state index contributed by atoms with van der Waals surface area (Å²) < 4.78 is 0. The molecule has 2 rings (SSSR count). The molecule has 0 spiro atoms. The summed E-state index contributed by atoms with van der Waals surface area (Å²) in [5.41, 5.74) is 2.01. The largest absolute Gasteiger partial charge is 0.392 e. The van der Waals surface area contributed by atoms with Gasteiger partial charge < -0.3 is 10.4 Å². The number of hydrogen-bond donors (Lipinski definition) is 2. The summed E-state index contributed by atoms with van der Waals surface area (Å²) in [5.74, 6) is 0.0771. The van der Waals surface area contributed by atoms with Gasteiger partial charge in [-0.15, -0.1) is 0 Å². The lowest BCUT2D eigenvalue weighted by atomic mass is 10.00. The molecule has 0 bridgehead atoms. The third-order valence-corrected chi connectivity index (χ3v) is 3.66. The van der Waals surface area contributed by atoms with Gasteiger partial charge in [-0.1, -0.05) is 32.0 Å². The lowest BCUT2D eigenvalue weighted by Crippen LogP contribution is -2.29. The molecule has 0 radical (unpaired) electrons. The molecule has 3 nitrogen and oxygen atoms in total. The third kappa shape index (κ3) is 2.72. The van der Waals surface area contributed by atoms with Gasteiger partial charge in [0.05, 0.1) is 12.0 Å². The number of rotatable bonds is 3. The van der Waals surface area contributed by atoms with Crippen molar-refractivity contribution < 1.29 is 9.90 Å². The molecule has 1 aromatic rings. The molecule has 1 amide bonds. The predicted octanol–water partition coefficient (Wildman–Crippen LogP) is 2.91. The molecule has 2 N–H and O–H groups in total. The van der Waals surface area contributed by atoms with E-state index in [0.29, 0.717) is 5.92 Å². The van der Waals surface area contributed by atoms with Gasteiger partial charge >= 0.3 is 0 Å². The zero-order valence-electron chi connectivity index (χ0n) is 11.0. The third-order valence-electron chi connectivity index (χ3n) is 3.66. The molecule has 1 aromatic carbocycles. The molecule has 1 aliphatic carbocycles. The Hall–Kier alpha value is -1.35. The maximum absolute atomic E-state index is 12.1. The molecule has 0 heterocycles. The van der Waals surface area contributed by atoms with E-state index in [1.807, 2.05) is 24.3 Å². The van der Waals surface area contributed by atoms with Crippen molar-refractivity contribution in [2.75, 3.05) is 5.32 Å². The van der Waals surface area contributed by atoms with Crippen LogP contribution >= 0.6 is 0 Å². The second kappa shape index (κ2) is 5.53. The van der Waals surface area contributed by atoms with Gasteiger partial charge in [-0.2, -0.15) is 0 Å². The van der Waals surface area contributed by atoms with Gasteiger partial charge in [0.1, 0.15) is 0 Å². The van der Waals surface area contributed by atoms with Crippen LogP contribution in [0.3, 0.4) is 0 Å². The van der Waals surface area contributed by atoms with Gasteiger partial charge in [0, 0.05) is 5.69 Å². The number of aliphatic hydroxyl groups is 1. The van der Waals surface area contributed by atoms with Crippen LogP contribution in [0.1, 0.15) is 44.6 Å². The average molecular weight is 247 g/mol. The molecule has 0 aliphatic heterocycles. The number of carbonyl (C=O) groups is 1. The van der Waals surface area contributed by atoms with Gasteiger partial charge in [0.2, 0.25) is 5.91 Å². The van der Waals surface area contributed by atoms with Crippen molar-refractivity contribution in [2.45, 2.75) is 45.1 Å². The normalized spacial score (nSPS) is 23.3. The minimum atomic E-state index is -0.476. The average Bonchev–Trinajstić information content (AvgIpc) is 2.76. The van der Waals surface area contributed by atoms with Crippen LogP contribution in [0.15, 0.2) is 24.3 Å². The maximum atomic E-state index is 12.1. The van der Waals surface area contributed by atoms with Crippen LogP contribution in [0.25, 0.3) is 0 Å². The summed E-state index contributed by atoms with van der Waals surface area (Å²) in [6, 6.07) is 7.86. The molecule has 0 saturated heterocycles. The number of nitrogens with one attached hydrogen (secondary N) is 1. The Morgan fingerprint density at radius 1 is 1.33 bits per heavy atom. The van der Waals surface area contributed by atoms with E-state index in [0.717, 1.165) is 30.5 Å². The van der Waals surface area contributed by atoms with Crippen molar-refractivity contribution in [3.05, 3.63) is 29.8 Å². The summed E-state index contributed by atoms with van der Waals surface area (Å²) >= 11 is 0. The highest BCUT2D eigenvalue weighted by Crippen LogP contribution is 2.29. The van der Waals surface area contributed by atoms with Gasteiger partial charge in [-0.05, 0) is 36.8 Å². The fraction of sp³-hybridized carbons (Fsp3) is 0.533. The number of para-hydroxylation sites is 1. The highest BCUT2D eigenvalue weighted by Gasteiger charge is 2.31. The minimum Gasteiger partial charge on any atom is -0.392 e. The van der Waals surface area contributed by atoms with E-state index >= 15 is 0 Å². The van der Waals surface area contributed by atoms with Gasteiger partial charge in [0.25, 0.3) is 0 Å². The van der Waals surface area contributed by atoms with Crippen molar-refractivity contribution in [1.82, 2.24) is 0 Å². The molecule has 1 fully saturated rings. The molecule has 98 valence electrons. The molecular weight excluding hydrogens is 226 g/mol. The number of hydrogen-bond acceptors (Lipinski definition) is 2. The Balaban J connectivity index is 2.11. The Labute approximate surface area is 108 Å². The van der Waals surface area contributed by atoms with E-state index in [1.165, 1.54) is 0 Å². The maximum Gasteiger partial charge on any atom is 0.230 e. The summed E-state index contributed by atoms with van der Waals surface area (Å²) in [5, 5.41) is 12.7. The van der Waals surface area contributed by atoms with Crippen LogP contribution in [-0.4, -0.2) is 17.1 Å². The van der Waals surface area contributed by atoms with Crippen molar-refractivity contribution in [3.8, 4) is 0 Å². The highest BCUT2D eigenvalue weighted by atomic mass is 16.3. The molecule has 3 heteroatoms. The molecule has 1 aliphatic rings. The van der Waals surface area contributed by atoms with Crippen molar-refractivity contribution in [1.29, 1.82) is 0 Å². The van der Waals surface area contributed by atoms with Crippen LogP contribution in [0.5, 0.6) is 0 Å². The number of amides is 1. The van der Waals surface area contributed by atoms with E-state index in [-0.39, 0.29) is 11.8 Å². The first-order chi connectivity index (χ1) is 8.59. The fourth-order valence-electron chi connectivity index (χ4n) is 2.59. The SMILES string of the molecule is CC(C)c1ccccc1NC(=O)C1CCCC1O. The fourth-order valence-corrected chi connectivity index (χ4v) is 2.59. The predicted molar refractivity (Wildman–Crippen MR) is 72.5 cm³/mol. The van der Waals surface area contributed by atoms with Crippen molar-refractivity contribution >= 4 is 11.6 Å². The van der Waals surface area contributed by atoms with Crippen LogP contribution < -0.4 is 5.32 Å². The zero-order chi connectivity index (χ0) is 13.1. The first-order valence-corrected chi connectivity index (χ1v) is 6.67. The van der Waals surface area contributed by atoms with E-state index in [9.17, 15) is 9.90 Å². The van der Waals surface area contributed by atoms with Gasteiger partial charge in [0.15, 0.2) is 0 Å². The lowest BCUT2D eigenvalue weighted by Gasteiger charge is -2.17. The second-order valence-electron chi connectivity index (χ2n) is 5.34. The number of benzene rings is 1. The number of carbonyl (C=O) groups excluding carboxylic acids is 1. The Morgan fingerprint density at radius 3 is 2.67 bits per heavy atom. The van der Waals surface area contributed by atoms with Crippen molar-refractivity contribution in [3.63, 3.8) is 0 Å². The van der Waals surface area contributed by atoms with Crippen molar-refractivity contribution in [2.24, 2.45) is 5.92 Å². The van der Waals surface area contributed by atoms with Crippen LogP contribution in [0.4, 0.5) is 5.69 Å². The second-order valence-corrected chi connectivity index (χ2v) is 5.34. The van der Waals surface area contributed by atoms with Crippen LogP contribution in [0, 0.1) is 5.92 Å². The van der Waals surface area contributed by atoms with E-state index in [2.05, 4.69) is 19.2 Å². The summed E-state index contributed by atoms with van der Waals surface area (Å²) in [4.78, 5) is 12.1. The molecule has 2 unspecified atom stereocenters. The molecular formula is C15H21NO2. The summed E-state index contributed by atoms with van der Waals surface area (Å²) in [6.07, 6.45) is 1.99. The zero-order valence-corrected chi connectivity index (χ0v) is 11.0. The smallest absolute Gasteiger partial charge is 0.230 e. The van der Waals surface area contributed by atoms with E-state index in [1.54, 1.807) is 0 Å².